The summed E-state index contributed by atoms with van der Waals surface area (Å²) < 4.78 is 15.3. The molecule has 4 nitrogen and oxygen atoms in total. The number of nitrogens with zero attached hydrogens (tertiary/aromatic N) is 3. The zero-order chi connectivity index (χ0) is 16.4. The van der Waals surface area contributed by atoms with Crippen molar-refractivity contribution < 1.29 is 4.39 Å². The van der Waals surface area contributed by atoms with Crippen LogP contribution in [0.5, 0.6) is 0 Å². The van der Waals surface area contributed by atoms with Gasteiger partial charge in [0.25, 0.3) is 0 Å². The largest absolute Gasteiger partial charge is 0.306 e. The molecule has 0 bridgehead atoms. The second-order valence-corrected chi connectivity index (χ2v) is 6.10. The zero-order valence-corrected chi connectivity index (χ0v) is 13.3. The molecule has 0 aliphatic heterocycles. The number of aromatic nitrogens is 3. The van der Waals surface area contributed by atoms with Gasteiger partial charge in [-0.25, -0.2) is 14.1 Å². The van der Waals surface area contributed by atoms with Crippen LogP contribution in [0, 0.1) is 5.82 Å². The van der Waals surface area contributed by atoms with Gasteiger partial charge in [0.1, 0.15) is 5.82 Å². The van der Waals surface area contributed by atoms with Crippen LogP contribution < -0.4 is 5.32 Å². The monoisotopic (exact) mass is 322 g/mol. The minimum absolute atomic E-state index is 0.193. The molecule has 0 saturated carbocycles. The highest BCUT2D eigenvalue weighted by atomic mass is 19.1. The summed E-state index contributed by atoms with van der Waals surface area (Å²) in [5.41, 5.74) is 3.40. The van der Waals surface area contributed by atoms with Gasteiger partial charge >= 0.3 is 0 Å². The second-order valence-electron chi connectivity index (χ2n) is 6.10. The fourth-order valence-electron chi connectivity index (χ4n) is 3.33. The maximum absolute atomic E-state index is 13.3. The van der Waals surface area contributed by atoms with Gasteiger partial charge in [0.05, 0.1) is 11.9 Å². The lowest BCUT2D eigenvalue weighted by Gasteiger charge is -2.24. The molecule has 0 radical (unpaired) electrons. The molecule has 1 atom stereocenters. The van der Waals surface area contributed by atoms with Crippen molar-refractivity contribution in [3.63, 3.8) is 0 Å². The van der Waals surface area contributed by atoms with Gasteiger partial charge < -0.3 is 5.32 Å². The van der Waals surface area contributed by atoms with E-state index >= 15 is 0 Å². The summed E-state index contributed by atoms with van der Waals surface area (Å²) >= 11 is 0. The third kappa shape index (κ3) is 2.95. The van der Waals surface area contributed by atoms with Gasteiger partial charge in [0.2, 0.25) is 0 Å². The van der Waals surface area contributed by atoms with Crippen LogP contribution in [0.25, 0.3) is 5.82 Å². The average molecular weight is 322 g/mol. The summed E-state index contributed by atoms with van der Waals surface area (Å²) in [4.78, 5) is 4.40. The number of nitrogens with one attached hydrogen (secondary N) is 1. The number of hydrogen-bond acceptors (Lipinski definition) is 3. The molecule has 1 aliphatic rings. The van der Waals surface area contributed by atoms with E-state index < -0.39 is 0 Å². The predicted octanol–water partition coefficient (Wildman–Crippen LogP) is 3.57. The molecule has 4 rings (SSSR count). The van der Waals surface area contributed by atoms with Crippen LogP contribution in [0.15, 0.2) is 54.9 Å². The molecule has 1 aliphatic carbocycles. The number of hydrogen-bond donors (Lipinski definition) is 1. The zero-order valence-electron chi connectivity index (χ0n) is 13.3. The number of rotatable bonds is 4. The first-order valence-corrected chi connectivity index (χ1v) is 8.27. The number of halogens is 1. The molecule has 5 heteroatoms. The Bertz CT molecular complexity index is 828. The molecule has 0 saturated heterocycles. The van der Waals surface area contributed by atoms with E-state index in [0.29, 0.717) is 6.54 Å². The highest BCUT2D eigenvalue weighted by Gasteiger charge is 2.24. The first-order valence-electron chi connectivity index (χ1n) is 8.27. The van der Waals surface area contributed by atoms with E-state index in [-0.39, 0.29) is 11.9 Å². The quantitative estimate of drug-likeness (QED) is 0.798. The third-order valence-electron chi connectivity index (χ3n) is 4.49. The molecule has 0 amide bonds. The smallest absolute Gasteiger partial charge is 0.153 e. The maximum atomic E-state index is 13.3. The first kappa shape index (κ1) is 15.0. The standard InChI is InChI=1S/C19H19FN4/c20-15-6-3-5-14(11-15)12-22-17-7-4-8-18-16(17)13-23-24(18)19-9-1-2-10-21-19/h1-3,5-6,9-11,13,17,22H,4,7-8,12H2. The van der Waals surface area contributed by atoms with Crippen molar-refractivity contribution in [2.24, 2.45) is 0 Å². The summed E-state index contributed by atoms with van der Waals surface area (Å²) in [5.74, 6) is 0.658. The fraction of sp³-hybridized carbons (Fsp3) is 0.263. The molecule has 0 spiro atoms. The van der Waals surface area contributed by atoms with Crippen LogP contribution in [0.1, 0.15) is 35.7 Å². The highest BCUT2D eigenvalue weighted by molar-refractivity contribution is 5.32. The van der Waals surface area contributed by atoms with E-state index in [1.54, 1.807) is 18.3 Å². The molecule has 3 aromatic rings. The van der Waals surface area contributed by atoms with E-state index in [1.807, 2.05) is 35.1 Å². The van der Waals surface area contributed by atoms with E-state index in [9.17, 15) is 4.39 Å². The SMILES string of the molecule is Fc1cccc(CNC2CCCc3c2cnn3-c2ccccn2)c1. The Morgan fingerprint density at radius 2 is 2.17 bits per heavy atom. The third-order valence-corrected chi connectivity index (χ3v) is 4.49. The lowest BCUT2D eigenvalue weighted by Crippen LogP contribution is -2.25. The average Bonchev–Trinajstić information content (AvgIpc) is 3.05. The van der Waals surface area contributed by atoms with Crippen LogP contribution in [-0.2, 0) is 13.0 Å². The van der Waals surface area contributed by atoms with E-state index in [0.717, 1.165) is 30.6 Å². The topological polar surface area (TPSA) is 42.7 Å². The van der Waals surface area contributed by atoms with Crippen LogP contribution in [0.4, 0.5) is 4.39 Å². The lowest BCUT2D eigenvalue weighted by molar-refractivity contribution is 0.454. The van der Waals surface area contributed by atoms with Gasteiger partial charge in [-0.1, -0.05) is 18.2 Å². The van der Waals surface area contributed by atoms with Crippen molar-refractivity contribution >= 4 is 0 Å². The molecule has 2 heterocycles. The molecule has 24 heavy (non-hydrogen) atoms. The van der Waals surface area contributed by atoms with E-state index in [1.165, 1.54) is 17.3 Å². The molecule has 1 N–H and O–H groups in total. The Morgan fingerprint density at radius 1 is 1.21 bits per heavy atom. The van der Waals surface area contributed by atoms with E-state index in [2.05, 4.69) is 15.4 Å². The van der Waals surface area contributed by atoms with Gasteiger partial charge in [0.15, 0.2) is 5.82 Å². The minimum atomic E-state index is -0.193. The van der Waals surface area contributed by atoms with Gasteiger partial charge in [-0.05, 0) is 49.1 Å². The summed E-state index contributed by atoms with van der Waals surface area (Å²) in [7, 11) is 0. The predicted molar refractivity (Wildman–Crippen MR) is 90.3 cm³/mol. The van der Waals surface area contributed by atoms with Gasteiger partial charge in [0, 0.05) is 24.3 Å². The number of pyridine rings is 1. The minimum Gasteiger partial charge on any atom is -0.306 e. The van der Waals surface area contributed by atoms with Crippen LogP contribution in [-0.4, -0.2) is 14.8 Å². The van der Waals surface area contributed by atoms with Crippen molar-refractivity contribution in [2.45, 2.75) is 31.8 Å². The van der Waals surface area contributed by atoms with Crippen LogP contribution in [0.3, 0.4) is 0 Å². The summed E-state index contributed by atoms with van der Waals surface area (Å²) in [6, 6.07) is 12.8. The molecule has 0 fully saturated rings. The Labute approximate surface area is 140 Å². The van der Waals surface area contributed by atoms with Gasteiger partial charge in [-0.15, -0.1) is 0 Å². The molecule has 2 aromatic heterocycles. The Balaban J connectivity index is 1.55. The summed E-state index contributed by atoms with van der Waals surface area (Å²) in [5, 5.41) is 8.09. The molecule has 1 unspecified atom stereocenters. The Hall–Kier alpha value is -2.53. The Kier molecular flexibility index (Phi) is 4.09. The molecule has 1 aromatic carbocycles. The van der Waals surface area contributed by atoms with Crippen molar-refractivity contribution in [1.82, 2.24) is 20.1 Å². The van der Waals surface area contributed by atoms with Crippen molar-refractivity contribution in [1.29, 1.82) is 0 Å². The van der Waals surface area contributed by atoms with Crippen LogP contribution in [0.2, 0.25) is 0 Å². The normalized spacial score (nSPS) is 16.8. The van der Waals surface area contributed by atoms with Gasteiger partial charge in [-0.3, -0.25) is 0 Å². The first-order chi connectivity index (χ1) is 11.8. The summed E-state index contributed by atoms with van der Waals surface area (Å²) in [6.45, 7) is 0.649. The van der Waals surface area contributed by atoms with Crippen molar-refractivity contribution in [2.75, 3.05) is 0 Å². The van der Waals surface area contributed by atoms with E-state index in [4.69, 9.17) is 0 Å². The van der Waals surface area contributed by atoms with Crippen LogP contribution >= 0.6 is 0 Å². The fourth-order valence-corrected chi connectivity index (χ4v) is 3.33. The number of fused-ring (bicyclic) bond motifs is 1. The Morgan fingerprint density at radius 3 is 3.00 bits per heavy atom. The second kappa shape index (κ2) is 6.53. The highest BCUT2D eigenvalue weighted by Crippen LogP contribution is 2.30. The molecular formula is C19H19FN4. The lowest BCUT2D eigenvalue weighted by atomic mass is 9.92. The van der Waals surface area contributed by atoms with Gasteiger partial charge in [-0.2, -0.15) is 5.10 Å². The number of benzene rings is 1. The van der Waals surface area contributed by atoms with Crippen molar-refractivity contribution in [3.05, 3.63) is 77.5 Å². The maximum Gasteiger partial charge on any atom is 0.153 e. The molecular weight excluding hydrogens is 303 g/mol. The summed E-state index contributed by atoms with van der Waals surface area (Å²) in [6.07, 6.45) is 6.89. The molecule has 122 valence electrons. The van der Waals surface area contributed by atoms with Crippen molar-refractivity contribution in [3.8, 4) is 5.82 Å².